The lowest BCUT2D eigenvalue weighted by Crippen LogP contribution is -2.15. The van der Waals surface area contributed by atoms with E-state index in [-0.39, 0.29) is 12.3 Å². The number of nitrogens with two attached hydrogens (primary N) is 1. The maximum atomic E-state index is 11.8. The summed E-state index contributed by atoms with van der Waals surface area (Å²) in [6.45, 7) is 0.317. The monoisotopic (exact) mass is 302 g/mol. The van der Waals surface area contributed by atoms with Gasteiger partial charge in [-0.1, -0.05) is 12.1 Å². The van der Waals surface area contributed by atoms with Crippen molar-refractivity contribution >= 4 is 29.0 Å². The number of anilines is 2. The number of hydrogen-bond acceptors (Lipinski definition) is 4. The number of carbonyl (C=O) groups excluding carboxylic acids is 1. The Balaban J connectivity index is 1.79. The second-order valence-corrected chi connectivity index (χ2v) is 5.33. The molecule has 0 saturated heterocycles. The van der Waals surface area contributed by atoms with Crippen LogP contribution in [0.5, 0.6) is 5.75 Å². The summed E-state index contributed by atoms with van der Waals surface area (Å²) in [6.07, 6.45) is 2.29. The van der Waals surface area contributed by atoms with Gasteiger partial charge in [0.1, 0.15) is 5.75 Å². The Morgan fingerprint density at radius 2 is 2.05 bits per heavy atom. The second-order valence-electron chi connectivity index (χ2n) is 4.45. The van der Waals surface area contributed by atoms with Crippen LogP contribution in [0.15, 0.2) is 53.4 Å². The van der Waals surface area contributed by atoms with Crippen molar-refractivity contribution < 1.29 is 9.53 Å². The molecule has 0 bridgehead atoms. The van der Waals surface area contributed by atoms with Crippen molar-refractivity contribution in [3.63, 3.8) is 0 Å². The largest absolute Gasteiger partial charge is 0.493 e. The zero-order valence-corrected chi connectivity index (χ0v) is 12.7. The van der Waals surface area contributed by atoms with Crippen LogP contribution in [-0.4, -0.2) is 18.8 Å². The van der Waals surface area contributed by atoms with E-state index in [9.17, 15) is 4.79 Å². The first kappa shape index (κ1) is 15.3. The molecule has 2 aromatic rings. The Kier molecular flexibility index (Phi) is 5.51. The van der Waals surface area contributed by atoms with E-state index in [0.717, 1.165) is 10.6 Å². The number of nitrogen functional groups attached to an aromatic ring is 1. The Labute approximate surface area is 128 Å². The number of thioether (sulfide) groups is 1. The van der Waals surface area contributed by atoms with Crippen molar-refractivity contribution in [3.05, 3.63) is 48.5 Å². The highest BCUT2D eigenvalue weighted by Crippen LogP contribution is 2.19. The van der Waals surface area contributed by atoms with Crippen molar-refractivity contribution in [1.29, 1.82) is 0 Å². The number of amides is 1. The molecule has 0 radical (unpaired) electrons. The first-order chi connectivity index (χ1) is 10.2. The van der Waals surface area contributed by atoms with Gasteiger partial charge in [0.05, 0.1) is 13.0 Å². The van der Waals surface area contributed by atoms with Gasteiger partial charge in [-0.05, 0) is 36.6 Å². The van der Waals surface area contributed by atoms with E-state index in [1.807, 2.05) is 42.7 Å². The molecule has 2 aromatic carbocycles. The Bertz CT molecular complexity index is 617. The summed E-state index contributed by atoms with van der Waals surface area (Å²) in [5.74, 6) is 0.601. The van der Waals surface area contributed by atoms with Crippen molar-refractivity contribution in [1.82, 2.24) is 0 Å². The maximum absolute atomic E-state index is 11.8. The molecule has 0 aliphatic rings. The third kappa shape index (κ3) is 5.04. The molecule has 0 aromatic heterocycles. The minimum Gasteiger partial charge on any atom is -0.493 e. The van der Waals surface area contributed by atoms with Crippen molar-refractivity contribution in [2.24, 2.45) is 0 Å². The Hall–Kier alpha value is -2.14. The summed E-state index contributed by atoms with van der Waals surface area (Å²) >= 11 is 1.64. The standard InChI is InChI=1S/C16H18N2O2S/c1-21-15-7-3-5-13(11-15)18-16(19)8-9-20-14-6-2-4-12(17)10-14/h2-7,10-11H,8-9,17H2,1H3,(H,18,19). The number of benzene rings is 2. The Morgan fingerprint density at radius 3 is 2.81 bits per heavy atom. The first-order valence-corrected chi connectivity index (χ1v) is 7.82. The lowest BCUT2D eigenvalue weighted by atomic mass is 10.3. The summed E-state index contributed by atoms with van der Waals surface area (Å²) in [4.78, 5) is 13.0. The molecule has 3 N–H and O–H groups in total. The van der Waals surface area contributed by atoms with Gasteiger partial charge in [0.2, 0.25) is 5.91 Å². The van der Waals surface area contributed by atoms with Gasteiger partial charge in [-0.25, -0.2) is 0 Å². The average molecular weight is 302 g/mol. The second kappa shape index (κ2) is 7.59. The molecule has 5 heteroatoms. The molecule has 0 fully saturated rings. The predicted molar refractivity (Wildman–Crippen MR) is 87.8 cm³/mol. The summed E-state index contributed by atoms with van der Waals surface area (Å²) in [5, 5.41) is 2.86. The molecule has 0 saturated carbocycles. The number of carbonyl (C=O) groups is 1. The van der Waals surface area contributed by atoms with Gasteiger partial charge in [-0.15, -0.1) is 11.8 Å². The lowest BCUT2D eigenvalue weighted by Gasteiger charge is -2.08. The molecule has 21 heavy (non-hydrogen) atoms. The SMILES string of the molecule is CSc1cccc(NC(=O)CCOc2cccc(N)c2)c1. The average Bonchev–Trinajstić information content (AvgIpc) is 2.47. The number of ether oxygens (including phenoxy) is 1. The molecular weight excluding hydrogens is 284 g/mol. The third-order valence-electron chi connectivity index (χ3n) is 2.81. The number of hydrogen-bond donors (Lipinski definition) is 2. The fourth-order valence-corrected chi connectivity index (χ4v) is 2.25. The van der Waals surface area contributed by atoms with Crippen LogP contribution < -0.4 is 15.8 Å². The number of nitrogens with one attached hydrogen (secondary N) is 1. The van der Waals surface area contributed by atoms with Gasteiger partial charge in [0.25, 0.3) is 0 Å². The van der Waals surface area contributed by atoms with Crippen LogP contribution in [0.25, 0.3) is 0 Å². The normalized spacial score (nSPS) is 10.1. The highest BCUT2D eigenvalue weighted by atomic mass is 32.2. The minimum atomic E-state index is -0.0721. The van der Waals surface area contributed by atoms with Gasteiger partial charge >= 0.3 is 0 Å². The zero-order valence-electron chi connectivity index (χ0n) is 11.8. The quantitative estimate of drug-likeness (QED) is 0.634. The van der Waals surface area contributed by atoms with Crippen molar-refractivity contribution in [2.45, 2.75) is 11.3 Å². The molecule has 2 rings (SSSR count). The third-order valence-corrected chi connectivity index (χ3v) is 3.53. The number of rotatable bonds is 6. The molecule has 4 nitrogen and oxygen atoms in total. The molecule has 0 aliphatic heterocycles. The van der Waals surface area contributed by atoms with Crippen molar-refractivity contribution in [3.8, 4) is 5.75 Å². The maximum Gasteiger partial charge on any atom is 0.227 e. The minimum absolute atomic E-state index is 0.0721. The van der Waals surface area contributed by atoms with Crippen LogP contribution in [-0.2, 0) is 4.79 Å². The fourth-order valence-electron chi connectivity index (χ4n) is 1.79. The topological polar surface area (TPSA) is 64.3 Å². The highest BCUT2D eigenvalue weighted by molar-refractivity contribution is 7.98. The summed E-state index contributed by atoms with van der Waals surface area (Å²) in [5.41, 5.74) is 7.10. The van der Waals surface area contributed by atoms with Gasteiger partial charge in [-0.3, -0.25) is 4.79 Å². The molecule has 0 atom stereocenters. The smallest absolute Gasteiger partial charge is 0.227 e. The van der Waals surface area contributed by atoms with Gasteiger partial charge in [0.15, 0.2) is 0 Å². The molecule has 1 amide bonds. The van der Waals surface area contributed by atoms with Crippen LogP contribution in [0.1, 0.15) is 6.42 Å². The van der Waals surface area contributed by atoms with E-state index < -0.39 is 0 Å². The first-order valence-electron chi connectivity index (χ1n) is 6.59. The summed E-state index contributed by atoms with van der Waals surface area (Å²) in [6, 6.07) is 14.9. The molecule has 0 heterocycles. The zero-order chi connectivity index (χ0) is 15.1. The van der Waals surface area contributed by atoms with E-state index in [2.05, 4.69) is 5.32 Å². The van der Waals surface area contributed by atoms with E-state index in [1.54, 1.807) is 23.9 Å². The van der Waals surface area contributed by atoms with Gasteiger partial charge in [0, 0.05) is 22.3 Å². The molecular formula is C16H18N2O2S. The van der Waals surface area contributed by atoms with E-state index >= 15 is 0 Å². The fraction of sp³-hybridized carbons (Fsp3) is 0.188. The highest BCUT2D eigenvalue weighted by Gasteiger charge is 2.04. The van der Waals surface area contributed by atoms with Crippen LogP contribution in [0.2, 0.25) is 0 Å². The van der Waals surface area contributed by atoms with E-state index in [4.69, 9.17) is 10.5 Å². The lowest BCUT2D eigenvalue weighted by molar-refractivity contribution is -0.116. The van der Waals surface area contributed by atoms with Crippen LogP contribution in [0.3, 0.4) is 0 Å². The van der Waals surface area contributed by atoms with Crippen molar-refractivity contribution in [2.75, 3.05) is 23.9 Å². The molecule has 110 valence electrons. The van der Waals surface area contributed by atoms with Gasteiger partial charge in [-0.2, -0.15) is 0 Å². The van der Waals surface area contributed by atoms with Crippen LogP contribution in [0, 0.1) is 0 Å². The molecule has 0 spiro atoms. The predicted octanol–water partition coefficient (Wildman–Crippen LogP) is 3.40. The summed E-state index contributed by atoms with van der Waals surface area (Å²) < 4.78 is 5.50. The Morgan fingerprint density at radius 1 is 1.24 bits per heavy atom. The van der Waals surface area contributed by atoms with Crippen LogP contribution in [0.4, 0.5) is 11.4 Å². The van der Waals surface area contributed by atoms with E-state index in [0.29, 0.717) is 18.0 Å². The molecule has 0 aliphatic carbocycles. The van der Waals surface area contributed by atoms with E-state index in [1.165, 1.54) is 0 Å². The molecule has 0 unspecified atom stereocenters. The van der Waals surface area contributed by atoms with Gasteiger partial charge < -0.3 is 15.8 Å². The van der Waals surface area contributed by atoms with Crippen LogP contribution >= 0.6 is 11.8 Å². The summed E-state index contributed by atoms with van der Waals surface area (Å²) in [7, 11) is 0.